The summed E-state index contributed by atoms with van der Waals surface area (Å²) in [6.45, 7) is 1.27. The molecule has 0 fully saturated rings. The lowest BCUT2D eigenvalue weighted by molar-refractivity contribution is -0.396. The summed E-state index contributed by atoms with van der Waals surface area (Å²) in [5, 5.41) is 21.8. The van der Waals surface area contributed by atoms with Gasteiger partial charge in [-0.15, -0.1) is 0 Å². The predicted molar refractivity (Wildman–Crippen MR) is 72.4 cm³/mol. The Kier molecular flexibility index (Phi) is 5.73. The van der Waals surface area contributed by atoms with E-state index < -0.39 is 39.8 Å². The summed E-state index contributed by atoms with van der Waals surface area (Å²) in [4.78, 5) is 31.8. The number of nitro benzene ring substituents is 2. The first-order valence-corrected chi connectivity index (χ1v) is 6.21. The number of rotatable bonds is 7. The van der Waals surface area contributed by atoms with E-state index in [1.165, 1.54) is 6.07 Å². The molecule has 9 heteroatoms. The minimum absolute atomic E-state index is 0.260. The van der Waals surface area contributed by atoms with Crippen LogP contribution in [0.25, 0.3) is 0 Å². The second-order valence-corrected chi connectivity index (χ2v) is 4.29. The zero-order valence-corrected chi connectivity index (χ0v) is 11.4. The Hall–Kier alpha value is -2.55. The molecule has 1 aromatic rings. The standard InChI is InChI=1S/C12H15N3O6/c1-2-4-9(13)12(16)21-7-8-10(14(17)18)5-3-6-11(8)15(19)20/h3,5-6,9H,2,4,7,13H2,1H3. The Morgan fingerprint density at radius 3 is 2.24 bits per heavy atom. The third-order valence-electron chi connectivity index (χ3n) is 2.78. The van der Waals surface area contributed by atoms with Gasteiger partial charge in [-0.1, -0.05) is 13.3 Å². The van der Waals surface area contributed by atoms with E-state index in [4.69, 9.17) is 10.5 Å². The molecule has 1 rings (SSSR count). The highest BCUT2D eigenvalue weighted by Gasteiger charge is 2.26. The average molecular weight is 297 g/mol. The number of carbonyl (C=O) groups is 1. The van der Waals surface area contributed by atoms with E-state index in [0.29, 0.717) is 12.8 Å². The molecule has 1 aromatic carbocycles. The Bertz CT molecular complexity index is 528. The number of esters is 1. The maximum absolute atomic E-state index is 11.6. The largest absolute Gasteiger partial charge is 0.459 e. The van der Waals surface area contributed by atoms with Crippen molar-refractivity contribution < 1.29 is 19.4 Å². The quantitative estimate of drug-likeness (QED) is 0.458. The topological polar surface area (TPSA) is 139 Å². The molecule has 0 bridgehead atoms. The lowest BCUT2D eigenvalue weighted by atomic mass is 10.1. The first-order valence-electron chi connectivity index (χ1n) is 6.21. The monoisotopic (exact) mass is 297 g/mol. The molecule has 0 aliphatic heterocycles. The van der Waals surface area contributed by atoms with E-state index in [-0.39, 0.29) is 5.56 Å². The van der Waals surface area contributed by atoms with Gasteiger partial charge in [0.05, 0.1) is 9.85 Å². The van der Waals surface area contributed by atoms with E-state index in [1.807, 2.05) is 6.92 Å². The van der Waals surface area contributed by atoms with Gasteiger partial charge in [0, 0.05) is 12.1 Å². The number of hydrogen-bond donors (Lipinski definition) is 1. The van der Waals surface area contributed by atoms with Crippen molar-refractivity contribution in [2.75, 3.05) is 0 Å². The first-order chi connectivity index (χ1) is 9.88. The fourth-order valence-corrected chi connectivity index (χ4v) is 1.73. The van der Waals surface area contributed by atoms with Gasteiger partial charge in [0.25, 0.3) is 11.4 Å². The van der Waals surface area contributed by atoms with Gasteiger partial charge < -0.3 is 10.5 Å². The molecule has 0 saturated carbocycles. The van der Waals surface area contributed by atoms with Gasteiger partial charge in [-0.2, -0.15) is 0 Å². The Labute approximate surface area is 120 Å². The molecule has 0 aliphatic rings. The summed E-state index contributed by atoms with van der Waals surface area (Å²) >= 11 is 0. The summed E-state index contributed by atoms with van der Waals surface area (Å²) in [5.74, 6) is -0.746. The maximum Gasteiger partial charge on any atom is 0.323 e. The van der Waals surface area contributed by atoms with Crippen LogP contribution in [0.15, 0.2) is 18.2 Å². The van der Waals surface area contributed by atoms with Crippen LogP contribution >= 0.6 is 0 Å². The summed E-state index contributed by atoms with van der Waals surface area (Å²) in [6.07, 6.45) is 1.07. The molecule has 1 unspecified atom stereocenters. The van der Waals surface area contributed by atoms with E-state index >= 15 is 0 Å². The van der Waals surface area contributed by atoms with Crippen LogP contribution in [0.5, 0.6) is 0 Å². The molecule has 0 aromatic heterocycles. The number of nitro groups is 2. The molecule has 0 amide bonds. The van der Waals surface area contributed by atoms with Crippen LogP contribution in [0.3, 0.4) is 0 Å². The molecule has 0 heterocycles. The molecule has 21 heavy (non-hydrogen) atoms. The van der Waals surface area contributed by atoms with Crippen LogP contribution < -0.4 is 5.73 Å². The zero-order valence-electron chi connectivity index (χ0n) is 11.4. The zero-order chi connectivity index (χ0) is 16.0. The van der Waals surface area contributed by atoms with E-state index in [0.717, 1.165) is 12.1 Å². The molecule has 0 spiro atoms. The second-order valence-electron chi connectivity index (χ2n) is 4.29. The van der Waals surface area contributed by atoms with Gasteiger partial charge in [0.15, 0.2) is 0 Å². The van der Waals surface area contributed by atoms with Crippen molar-refractivity contribution in [2.24, 2.45) is 5.73 Å². The number of hydrogen-bond acceptors (Lipinski definition) is 7. The summed E-state index contributed by atoms with van der Waals surface area (Å²) < 4.78 is 4.85. The first kappa shape index (κ1) is 16.5. The third-order valence-corrected chi connectivity index (χ3v) is 2.78. The van der Waals surface area contributed by atoms with Crippen molar-refractivity contribution in [3.8, 4) is 0 Å². The molecule has 0 radical (unpaired) electrons. The van der Waals surface area contributed by atoms with Crippen molar-refractivity contribution in [2.45, 2.75) is 32.4 Å². The summed E-state index contributed by atoms with van der Waals surface area (Å²) in [7, 11) is 0. The van der Waals surface area contributed by atoms with Crippen LogP contribution in [-0.4, -0.2) is 21.9 Å². The third kappa shape index (κ3) is 4.21. The normalized spacial score (nSPS) is 11.7. The fourth-order valence-electron chi connectivity index (χ4n) is 1.73. The van der Waals surface area contributed by atoms with Crippen molar-refractivity contribution in [3.05, 3.63) is 44.0 Å². The highest BCUT2D eigenvalue weighted by molar-refractivity contribution is 5.75. The van der Waals surface area contributed by atoms with Gasteiger partial charge in [0.2, 0.25) is 0 Å². The van der Waals surface area contributed by atoms with Gasteiger partial charge in [0.1, 0.15) is 18.2 Å². The van der Waals surface area contributed by atoms with Crippen LogP contribution in [-0.2, 0) is 16.1 Å². The molecule has 1 atom stereocenters. The van der Waals surface area contributed by atoms with Gasteiger partial charge in [-0.3, -0.25) is 25.0 Å². The fraction of sp³-hybridized carbons (Fsp3) is 0.417. The van der Waals surface area contributed by atoms with Crippen molar-refractivity contribution in [1.29, 1.82) is 0 Å². The Morgan fingerprint density at radius 1 is 1.29 bits per heavy atom. The molecule has 114 valence electrons. The molecule has 0 saturated heterocycles. The van der Waals surface area contributed by atoms with Crippen LogP contribution in [0.1, 0.15) is 25.3 Å². The molecule has 9 nitrogen and oxygen atoms in total. The second kappa shape index (κ2) is 7.29. The lowest BCUT2D eigenvalue weighted by Crippen LogP contribution is -2.32. The maximum atomic E-state index is 11.6. The van der Waals surface area contributed by atoms with Crippen LogP contribution in [0.4, 0.5) is 11.4 Å². The lowest BCUT2D eigenvalue weighted by Gasteiger charge is -2.10. The molecule has 0 aliphatic carbocycles. The summed E-state index contributed by atoms with van der Waals surface area (Å²) in [5.41, 5.74) is 4.34. The number of nitrogens with two attached hydrogens (primary N) is 1. The Balaban J connectivity index is 2.98. The number of carbonyl (C=O) groups excluding carboxylic acids is 1. The van der Waals surface area contributed by atoms with E-state index in [9.17, 15) is 25.0 Å². The van der Waals surface area contributed by atoms with Gasteiger partial charge in [-0.05, 0) is 12.5 Å². The molecule has 2 N–H and O–H groups in total. The smallest absolute Gasteiger partial charge is 0.323 e. The van der Waals surface area contributed by atoms with Crippen molar-refractivity contribution in [1.82, 2.24) is 0 Å². The van der Waals surface area contributed by atoms with Crippen LogP contribution in [0, 0.1) is 20.2 Å². The molecular weight excluding hydrogens is 282 g/mol. The van der Waals surface area contributed by atoms with E-state index in [2.05, 4.69) is 0 Å². The molecular formula is C12H15N3O6. The number of benzene rings is 1. The van der Waals surface area contributed by atoms with Crippen LogP contribution in [0.2, 0.25) is 0 Å². The average Bonchev–Trinajstić information content (AvgIpc) is 2.44. The van der Waals surface area contributed by atoms with E-state index in [1.54, 1.807) is 0 Å². The number of nitrogens with zero attached hydrogens (tertiary/aromatic N) is 2. The minimum atomic E-state index is -0.850. The van der Waals surface area contributed by atoms with Gasteiger partial charge in [-0.25, -0.2) is 0 Å². The SMILES string of the molecule is CCCC(N)C(=O)OCc1c([N+](=O)[O-])cccc1[N+](=O)[O-]. The highest BCUT2D eigenvalue weighted by atomic mass is 16.6. The minimum Gasteiger partial charge on any atom is -0.459 e. The highest BCUT2D eigenvalue weighted by Crippen LogP contribution is 2.28. The number of ether oxygens (including phenoxy) is 1. The van der Waals surface area contributed by atoms with Crippen molar-refractivity contribution in [3.63, 3.8) is 0 Å². The van der Waals surface area contributed by atoms with Crippen molar-refractivity contribution >= 4 is 17.3 Å². The van der Waals surface area contributed by atoms with Gasteiger partial charge >= 0.3 is 5.97 Å². The Morgan fingerprint density at radius 2 is 1.81 bits per heavy atom. The predicted octanol–water partition coefficient (Wildman–Crippen LogP) is 1.67. The summed E-state index contributed by atoms with van der Waals surface area (Å²) in [6, 6.07) is 2.58.